The van der Waals surface area contributed by atoms with Crippen molar-refractivity contribution in [2.45, 2.75) is 33.9 Å². The molecule has 0 unspecified atom stereocenters. The molecule has 0 atom stereocenters. The molecule has 1 amide bonds. The van der Waals surface area contributed by atoms with E-state index in [4.69, 9.17) is 0 Å². The molecule has 0 saturated heterocycles. The highest BCUT2D eigenvalue weighted by Gasteiger charge is 2.09. The van der Waals surface area contributed by atoms with Crippen molar-refractivity contribution in [2.75, 3.05) is 0 Å². The van der Waals surface area contributed by atoms with Crippen LogP contribution in [0.3, 0.4) is 0 Å². The second-order valence-corrected chi connectivity index (χ2v) is 5.78. The molecule has 0 aliphatic heterocycles. The van der Waals surface area contributed by atoms with Gasteiger partial charge in [-0.2, -0.15) is 5.10 Å². The van der Waals surface area contributed by atoms with E-state index in [1.54, 1.807) is 24.3 Å². The lowest BCUT2D eigenvalue weighted by molar-refractivity contribution is -0.122. The van der Waals surface area contributed by atoms with Crippen LogP contribution in [0.2, 0.25) is 0 Å². The number of nitrogens with zero attached hydrogens (tertiary/aromatic N) is 3. The molecule has 2 rings (SSSR count). The summed E-state index contributed by atoms with van der Waals surface area (Å²) in [7, 11) is 0. The van der Waals surface area contributed by atoms with Crippen molar-refractivity contribution in [2.24, 2.45) is 0 Å². The van der Waals surface area contributed by atoms with Crippen LogP contribution in [0, 0.1) is 20.8 Å². The van der Waals surface area contributed by atoms with E-state index in [-0.39, 0.29) is 18.0 Å². The van der Waals surface area contributed by atoms with E-state index in [0.717, 1.165) is 20.3 Å². The Labute approximate surface area is 120 Å². The van der Waals surface area contributed by atoms with Gasteiger partial charge in [0.25, 0.3) is 5.56 Å². The smallest absolute Gasteiger partial charge is 0.267 e. The van der Waals surface area contributed by atoms with Gasteiger partial charge in [0.1, 0.15) is 6.54 Å². The number of amides is 1. The number of nitrogens with one attached hydrogen (secondary N) is 1. The maximum Gasteiger partial charge on any atom is 0.267 e. The zero-order chi connectivity index (χ0) is 14.7. The van der Waals surface area contributed by atoms with Crippen LogP contribution in [0.15, 0.2) is 16.9 Å². The van der Waals surface area contributed by atoms with Crippen LogP contribution in [-0.2, 0) is 17.9 Å². The van der Waals surface area contributed by atoms with E-state index in [1.165, 1.54) is 6.07 Å². The summed E-state index contributed by atoms with van der Waals surface area (Å²) in [6.07, 6.45) is 0. The maximum atomic E-state index is 11.8. The highest BCUT2D eigenvalue weighted by Crippen LogP contribution is 2.16. The predicted molar refractivity (Wildman–Crippen MR) is 76.7 cm³/mol. The first-order chi connectivity index (χ1) is 9.45. The first-order valence-electron chi connectivity index (χ1n) is 6.20. The molecule has 7 heteroatoms. The van der Waals surface area contributed by atoms with Crippen molar-refractivity contribution >= 4 is 17.2 Å². The predicted octanol–water partition coefficient (Wildman–Crippen LogP) is 0.941. The minimum absolute atomic E-state index is 0.0721. The monoisotopic (exact) mass is 292 g/mol. The molecule has 0 spiro atoms. The van der Waals surface area contributed by atoms with Crippen LogP contribution >= 0.6 is 11.3 Å². The van der Waals surface area contributed by atoms with Gasteiger partial charge >= 0.3 is 0 Å². The Kier molecular flexibility index (Phi) is 4.29. The van der Waals surface area contributed by atoms with E-state index in [0.29, 0.717) is 12.2 Å². The Morgan fingerprint density at radius 1 is 1.35 bits per heavy atom. The number of carbonyl (C=O) groups excluding carboxylic acids is 1. The van der Waals surface area contributed by atoms with E-state index < -0.39 is 0 Å². The summed E-state index contributed by atoms with van der Waals surface area (Å²) in [4.78, 5) is 28.7. The summed E-state index contributed by atoms with van der Waals surface area (Å²) < 4.78 is 1.16. The topological polar surface area (TPSA) is 76.9 Å². The maximum absolute atomic E-state index is 11.8. The van der Waals surface area contributed by atoms with Gasteiger partial charge in [0.05, 0.1) is 22.9 Å². The van der Waals surface area contributed by atoms with Crippen molar-refractivity contribution in [3.8, 4) is 0 Å². The molecule has 0 fully saturated rings. The number of thiazole rings is 1. The third-order valence-electron chi connectivity index (χ3n) is 2.74. The van der Waals surface area contributed by atoms with Crippen molar-refractivity contribution in [1.82, 2.24) is 20.1 Å². The summed E-state index contributed by atoms with van der Waals surface area (Å²) in [5.74, 6) is -0.240. The zero-order valence-corrected chi connectivity index (χ0v) is 12.5. The largest absolute Gasteiger partial charge is 0.350 e. The summed E-state index contributed by atoms with van der Waals surface area (Å²) in [5, 5.41) is 7.78. The van der Waals surface area contributed by atoms with E-state index in [9.17, 15) is 9.59 Å². The summed E-state index contributed by atoms with van der Waals surface area (Å²) in [5.41, 5.74) is 1.35. The number of rotatable bonds is 4. The van der Waals surface area contributed by atoms with E-state index in [2.05, 4.69) is 15.4 Å². The average Bonchev–Trinajstić information content (AvgIpc) is 2.70. The third-order valence-corrected chi connectivity index (χ3v) is 3.81. The van der Waals surface area contributed by atoms with Crippen LogP contribution in [0.1, 0.15) is 21.3 Å². The summed E-state index contributed by atoms with van der Waals surface area (Å²) in [6, 6.07) is 3.03. The minimum Gasteiger partial charge on any atom is -0.350 e. The molecule has 0 saturated carbocycles. The molecule has 0 bridgehead atoms. The first-order valence-corrected chi connectivity index (χ1v) is 7.01. The van der Waals surface area contributed by atoms with Crippen molar-refractivity contribution in [3.63, 3.8) is 0 Å². The second kappa shape index (κ2) is 5.96. The average molecular weight is 292 g/mol. The molecule has 0 aliphatic rings. The Balaban J connectivity index is 1.98. The van der Waals surface area contributed by atoms with Gasteiger partial charge < -0.3 is 5.32 Å². The van der Waals surface area contributed by atoms with Crippen molar-refractivity contribution in [1.29, 1.82) is 0 Å². The van der Waals surface area contributed by atoms with Gasteiger partial charge in [0.2, 0.25) is 5.91 Å². The Morgan fingerprint density at radius 3 is 2.75 bits per heavy atom. The van der Waals surface area contributed by atoms with E-state index in [1.807, 2.05) is 13.8 Å². The molecular weight excluding hydrogens is 276 g/mol. The van der Waals surface area contributed by atoms with Gasteiger partial charge in [-0.15, -0.1) is 11.3 Å². The SMILES string of the molecule is Cc1ccc(=O)n(CC(=O)NCc2sc(C)nc2C)n1. The molecule has 2 aromatic heterocycles. The number of hydrogen-bond donors (Lipinski definition) is 1. The highest BCUT2D eigenvalue weighted by molar-refractivity contribution is 7.11. The van der Waals surface area contributed by atoms with Crippen molar-refractivity contribution < 1.29 is 4.79 Å². The molecule has 6 nitrogen and oxygen atoms in total. The fourth-order valence-electron chi connectivity index (χ4n) is 1.77. The zero-order valence-electron chi connectivity index (χ0n) is 11.6. The Bertz CT molecular complexity index is 690. The highest BCUT2D eigenvalue weighted by atomic mass is 32.1. The third kappa shape index (κ3) is 3.51. The molecule has 20 heavy (non-hydrogen) atoms. The lowest BCUT2D eigenvalue weighted by Crippen LogP contribution is -2.33. The molecule has 0 aliphatic carbocycles. The molecule has 2 heterocycles. The van der Waals surface area contributed by atoms with Gasteiger partial charge in [-0.3, -0.25) is 9.59 Å². The summed E-state index contributed by atoms with van der Waals surface area (Å²) in [6.45, 7) is 5.97. The van der Waals surface area contributed by atoms with Crippen LogP contribution in [0.5, 0.6) is 0 Å². The lowest BCUT2D eigenvalue weighted by atomic mass is 10.4. The van der Waals surface area contributed by atoms with Gasteiger partial charge in [0.15, 0.2) is 0 Å². The molecule has 0 radical (unpaired) electrons. The Hall–Kier alpha value is -2.02. The molecule has 1 N–H and O–H groups in total. The molecule has 0 aromatic carbocycles. The second-order valence-electron chi connectivity index (χ2n) is 4.49. The fraction of sp³-hybridized carbons (Fsp3) is 0.385. The molecular formula is C13H16N4O2S. The van der Waals surface area contributed by atoms with Crippen LogP contribution in [0.4, 0.5) is 0 Å². The van der Waals surface area contributed by atoms with Crippen LogP contribution in [-0.4, -0.2) is 20.7 Å². The normalized spacial score (nSPS) is 10.6. The molecule has 2 aromatic rings. The quantitative estimate of drug-likeness (QED) is 0.910. The minimum atomic E-state index is -0.282. The fourth-order valence-corrected chi connectivity index (χ4v) is 2.65. The standard InChI is InChI=1S/C13H16N4O2S/c1-8-4-5-13(19)17(16-8)7-12(18)14-6-11-9(2)15-10(3)20-11/h4-5H,6-7H2,1-3H3,(H,14,18). The molecule has 106 valence electrons. The van der Waals surface area contributed by atoms with Gasteiger partial charge in [-0.05, 0) is 26.8 Å². The number of hydrogen-bond acceptors (Lipinski definition) is 5. The first kappa shape index (κ1) is 14.4. The Morgan fingerprint density at radius 2 is 2.10 bits per heavy atom. The van der Waals surface area contributed by atoms with Gasteiger partial charge in [-0.1, -0.05) is 0 Å². The van der Waals surface area contributed by atoms with Gasteiger partial charge in [0, 0.05) is 10.9 Å². The van der Waals surface area contributed by atoms with Gasteiger partial charge in [-0.25, -0.2) is 9.67 Å². The summed E-state index contributed by atoms with van der Waals surface area (Å²) >= 11 is 1.56. The van der Waals surface area contributed by atoms with Crippen LogP contribution in [0.25, 0.3) is 0 Å². The van der Waals surface area contributed by atoms with E-state index >= 15 is 0 Å². The van der Waals surface area contributed by atoms with Crippen molar-refractivity contribution in [3.05, 3.63) is 43.8 Å². The number of carbonyl (C=O) groups is 1. The lowest BCUT2D eigenvalue weighted by Gasteiger charge is -2.06. The number of aromatic nitrogens is 3. The number of aryl methyl sites for hydroxylation is 3. The van der Waals surface area contributed by atoms with Crippen LogP contribution < -0.4 is 10.9 Å².